The minimum absolute atomic E-state index is 0.175. The third-order valence-electron chi connectivity index (χ3n) is 4.35. The normalized spacial score (nSPS) is 13.5. The average Bonchev–Trinajstić information content (AvgIpc) is 3.24. The SMILES string of the molecule is COc1ccc(Cl)cc1NC(=O)CSc1nnc(C2CC2)n1Cc1ccco1. The molecule has 0 atom stereocenters. The highest BCUT2D eigenvalue weighted by molar-refractivity contribution is 7.99. The maximum absolute atomic E-state index is 12.4. The van der Waals surface area contributed by atoms with E-state index in [1.807, 2.05) is 16.7 Å². The quantitative estimate of drug-likeness (QED) is 0.552. The van der Waals surface area contributed by atoms with Gasteiger partial charge in [0, 0.05) is 10.9 Å². The Labute approximate surface area is 171 Å². The Hall–Kier alpha value is -2.45. The first-order valence-electron chi connectivity index (χ1n) is 8.85. The van der Waals surface area contributed by atoms with Gasteiger partial charge in [0.1, 0.15) is 17.3 Å². The second-order valence-electron chi connectivity index (χ2n) is 6.46. The number of carbonyl (C=O) groups excluding carboxylic acids is 1. The van der Waals surface area contributed by atoms with Gasteiger partial charge in [-0.25, -0.2) is 0 Å². The van der Waals surface area contributed by atoms with E-state index in [-0.39, 0.29) is 11.7 Å². The van der Waals surface area contributed by atoms with Crippen molar-refractivity contribution in [2.24, 2.45) is 0 Å². The second kappa shape index (κ2) is 8.28. The van der Waals surface area contributed by atoms with Crippen molar-refractivity contribution in [3.8, 4) is 5.75 Å². The predicted molar refractivity (Wildman–Crippen MR) is 107 cm³/mol. The van der Waals surface area contributed by atoms with Gasteiger partial charge in [-0.15, -0.1) is 10.2 Å². The molecule has 0 unspecified atom stereocenters. The molecule has 0 aliphatic heterocycles. The second-order valence-corrected chi connectivity index (χ2v) is 7.84. The van der Waals surface area contributed by atoms with E-state index in [1.165, 1.54) is 11.8 Å². The summed E-state index contributed by atoms with van der Waals surface area (Å²) in [5, 5.41) is 12.7. The van der Waals surface area contributed by atoms with E-state index >= 15 is 0 Å². The molecule has 2 heterocycles. The van der Waals surface area contributed by atoms with Crippen molar-refractivity contribution < 1.29 is 13.9 Å². The Kier molecular flexibility index (Phi) is 5.59. The van der Waals surface area contributed by atoms with Gasteiger partial charge in [-0.3, -0.25) is 9.36 Å². The zero-order valence-electron chi connectivity index (χ0n) is 15.2. The van der Waals surface area contributed by atoms with Crippen LogP contribution in [-0.2, 0) is 11.3 Å². The number of thioether (sulfide) groups is 1. The van der Waals surface area contributed by atoms with Crippen molar-refractivity contribution in [3.63, 3.8) is 0 Å². The summed E-state index contributed by atoms with van der Waals surface area (Å²) < 4.78 is 12.8. The molecule has 146 valence electrons. The number of aromatic nitrogens is 3. The Morgan fingerprint density at radius 1 is 1.39 bits per heavy atom. The Morgan fingerprint density at radius 3 is 2.96 bits per heavy atom. The number of hydrogen-bond donors (Lipinski definition) is 1. The molecule has 1 saturated carbocycles. The molecule has 1 aliphatic carbocycles. The molecular formula is C19H19ClN4O3S. The first-order valence-corrected chi connectivity index (χ1v) is 10.2. The lowest BCUT2D eigenvalue weighted by Gasteiger charge is -2.11. The number of amides is 1. The highest BCUT2D eigenvalue weighted by Gasteiger charge is 2.30. The van der Waals surface area contributed by atoms with E-state index < -0.39 is 0 Å². The minimum Gasteiger partial charge on any atom is -0.495 e. The van der Waals surface area contributed by atoms with Crippen LogP contribution in [0.2, 0.25) is 5.02 Å². The molecule has 1 N–H and O–H groups in total. The monoisotopic (exact) mass is 418 g/mol. The number of anilines is 1. The number of hydrogen-bond acceptors (Lipinski definition) is 6. The Bertz CT molecular complexity index is 970. The maximum Gasteiger partial charge on any atom is 0.234 e. The van der Waals surface area contributed by atoms with Crippen LogP contribution in [0.3, 0.4) is 0 Å². The van der Waals surface area contributed by atoms with E-state index in [0.29, 0.717) is 34.1 Å². The van der Waals surface area contributed by atoms with Crippen LogP contribution in [0.4, 0.5) is 5.69 Å². The zero-order valence-corrected chi connectivity index (χ0v) is 16.8. The van der Waals surface area contributed by atoms with Gasteiger partial charge in [0.15, 0.2) is 5.16 Å². The maximum atomic E-state index is 12.4. The number of methoxy groups -OCH3 is 1. The topological polar surface area (TPSA) is 82.2 Å². The molecule has 0 bridgehead atoms. The van der Waals surface area contributed by atoms with Gasteiger partial charge in [0.25, 0.3) is 0 Å². The van der Waals surface area contributed by atoms with Crippen LogP contribution in [0.25, 0.3) is 0 Å². The van der Waals surface area contributed by atoms with Crippen LogP contribution >= 0.6 is 23.4 Å². The van der Waals surface area contributed by atoms with Crippen LogP contribution in [0.15, 0.2) is 46.2 Å². The summed E-state index contributed by atoms with van der Waals surface area (Å²) in [6.07, 6.45) is 3.89. The zero-order chi connectivity index (χ0) is 19.5. The molecule has 0 radical (unpaired) electrons. The number of nitrogens with zero attached hydrogens (tertiary/aromatic N) is 3. The van der Waals surface area contributed by atoms with E-state index in [9.17, 15) is 4.79 Å². The summed E-state index contributed by atoms with van der Waals surface area (Å²) in [5.74, 6) is 2.80. The Balaban J connectivity index is 1.45. The van der Waals surface area contributed by atoms with Crippen molar-refractivity contribution in [3.05, 3.63) is 53.2 Å². The third kappa shape index (κ3) is 4.34. The lowest BCUT2D eigenvalue weighted by atomic mass is 10.3. The summed E-state index contributed by atoms with van der Waals surface area (Å²) in [6, 6.07) is 8.86. The van der Waals surface area contributed by atoms with Gasteiger partial charge < -0.3 is 14.5 Å². The molecule has 1 aromatic carbocycles. The molecule has 9 heteroatoms. The van der Waals surface area contributed by atoms with Crippen molar-refractivity contribution in [2.75, 3.05) is 18.2 Å². The number of rotatable bonds is 8. The highest BCUT2D eigenvalue weighted by atomic mass is 35.5. The van der Waals surface area contributed by atoms with Crippen LogP contribution in [-0.4, -0.2) is 33.5 Å². The molecule has 28 heavy (non-hydrogen) atoms. The molecule has 4 rings (SSSR count). The van der Waals surface area contributed by atoms with Crippen LogP contribution in [0.1, 0.15) is 30.3 Å². The fourth-order valence-electron chi connectivity index (χ4n) is 2.85. The van der Waals surface area contributed by atoms with Crippen LogP contribution in [0, 0.1) is 0 Å². The van der Waals surface area contributed by atoms with Crippen LogP contribution in [0.5, 0.6) is 5.75 Å². The van der Waals surface area contributed by atoms with Gasteiger partial charge in [-0.2, -0.15) is 0 Å². The molecular weight excluding hydrogens is 400 g/mol. The van der Waals surface area contributed by atoms with Gasteiger partial charge >= 0.3 is 0 Å². The predicted octanol–water partition coefficient (Wildman–Crippen LogP) is 4.19. The fraction of sp³-hybridized carbons (Fsp3) is 0.316. The average molecular weight is 419 g/mol. The van der Waals surface area contributed by atoms with Crippen LogP contribution < -0.4 is 10.1 Å². The molecule has 2 aromatic heterocycles. The van der Waals surface area contributed by atoms with E-state index in [0.717, 1.165) is 24.4 Å². The standard InChI is InChI=1S/C19H19ClN4O3S/c1-26-16-7-6-13(20)9-15(16)21-17(25)11-28-19-23-22-18(12-4-5-12)24(19)10-14-3-2-8-27-14/h2-3,6-9,12H,4-5,10-11H2,1H3,(H,21,25). The van der Waals surface area contributed by atoms with Crippen molar-refractivity contribution in [1.29, 1.82) is 0 Å². The number of benzene rings is 1. The minimum atomic E-state index is -0.175. The number of halogens is 1. The summed E-state index contributed by atoms with van der Waals surface area (Å²) in [4.78, 5) is 12.4. The molecule has 0 spiro atoms. The van der Waals surface area contributed by atoms with Gasteiger partial charge in [-0.05, 0) is 43.2 Å². The number of ether oxygens (including phenoxy) is 1. The summed E-state index contributed by atoms with van der Waals surface area (Å²) in [5.41, 5.74) is 0.538. The highest BCUT2D eigenvalue weighted by Crippen LogP contribution is 2.40. The summed E-state index contributed by atoms with van der Waals surface area (Å²) in [7, 11) is 1.55. The lowest BCUT2D eigenvalue weighted by molar-refractivity contribution is -0.113. The molecule has 1 aliphatic rings. The van der Waals surface area contributed by atoms with E-state index in [1.54, 1.807) is 31.6 Å². The number of nitrogens with one attached hydrogen (secondary N) is 1. The molecule has 0 saturated heterocycles. The fourth-order valence-corrected chi connectivity index (χ4v) is 3.77. The largest absolute Gasteiger partial charge is 0.495 e. The van der Waals surface area contributed by atoms with Gasteiger partial charge in [0.05, 0.1) is 31.4 Å². The van der Waals surface area contributed by atoms with Crippen molar-refractivity contribution >= 4 is 35.0 Å². The smallest absolute Gasteiger partial charge is 0.234 e. The first kappa shape index (κ1) is 18.9. The molecule has 1 fully saturated rings. The first-order chi connectivity index (χ1) is 13.6. The van der Waals surface area contributed by atoms with E-state index in [2.05, 4.69) is 15.5 Å². The van der Waals surface area contributed by atoms with Gasteiger partial charge in [-0.1, -0.05) is 23.4 Å². The van der Waals surface area contributed by atoms with Crippen molar-refractivity contribution in [2.45, 2.75) is 30.5 Å². The van der Waals surface area contributed by atoms with Crippen molar-refractivity contribution in [1.82, 2.24) is 14.8 Å². The third-order valence-corrected chi connectivity index (χ3v) is 5.55. The number of carbonyl (C=O) groups is 1. The van der Waals surface area contributed by atoms with E-state index in [4.69, 9.17) is 20.8 Å². The number of furan rings is 1. The Morgan fingerprint density at radius 2 is 2.25 bits per heavy atom. The lowest BCUT2D eigenvalue weighted by Crippen LogP contribution is -2.15. The van der Waals surface area contributed by atoms with Gasteiger partial charge in [0.2, 0.25) is 5.91 Å². The molecule has 1 amide bonds. The molecule has 7 nitrogen and oxygen atoms in total. The summed E-state index contributed by atoms with van der Waals surface area (Å²) >= 11 is 7.36. The molecule has 3 aromatic rings. The summed E-state index contributed by atoms with van der Waals surface area (Å²) in [6.45, 7) is 0.553.